The molecular formula is C18H31IN4O2S. The Morgan fingerprint density at radius 2 is 1.81 bits per heavy atom. The van der Waals surface area contributed by atoms with Crippen LogP contribution in [0.4, 0.5) is 0 Å². The summed E-state index contributed by atoms with van der Waals surface area (Å²) >= 11 is 0. The molecule has 2 rings (SSSR count). The highest BCUT2D eigenvalue weighted by Crippen LogP contribution is 2.32. The molecule has 3 N–H and O–H groups in total. The van der Waals surface area contributed by atoms with E-state index in [1.807, 2.05) is 6.92 Å². The van der Waals surface area contributed by atoms with Crippen LogP contribution in [0.25, 0.3) is 0 Å². The van der Waals surface area contributed by atoms with Crippen molar-refractivity contribution in [1.82, 2.24) is 15.4 Å². The van der Waals surface area contributed by atoms with Gasteiger partial charge in [0.05, 0.1) is 12.8 Å². The van der Waals surface area contributed by atoms with Gasteiger partial charge in [0, 0.05) is 19.1 Å². The van der Waals surface area contributed by atoms with Gasteiger partial charge in [0.2, 0.25) is 10.0 Å². The van der Waals surface area contributed by atoms with E-state index in [4.69, 9.17) is 0 Å². The highest BCUT2D eigenvalue weighted by atomic mass is 127. The van der Waals surface area contributed by atoms with Crippen LogP contribution in [0.15, 0.2) is 35.3 Å². The van der Waals surface area contributed by atoms with Crippen molar-refractivity contribution >= 4 is 40.0 Å². The third-order valence-corrected chi connectivity index (χ3v) is 5.16. The minimum absolute atomic E-state index is 0. The molecule has 1 aromatic rings. The topological polar surface area (TPSA) is 82.6 Å². The zero-order chi connectivity index (χ0) is 18.1. The molecule has 1 aliphatic carbocycles. The predicted molar refractivity (Wildman–Crippen MR) is 119 cm³/mol. The molecule has 148 valence electrons. The number of hydrogen-bond donors (Lipinski definition) is 3. The van der Waals surface area contributed by atoms with Crippen LogP contribution < -0.4 is 15.4 Å². The summed E-state index contributed by atoms with van der Waals surface area (Å²) in [5, 5.41) is 6.72. The number of sulfonamides is 1. The quantitative estimate of drug-likeness (QED) is 0.236. The van der Waals surface area contributed by atoms with Crippen molar-refractivity contribution in [3.8, 4) is 0 Å². The van der Waals surface area contributed by atoms with E-state index in [-0.39, 0.29) is 24.0 Å². The summed E-state index contributed by atoms with van der Waals surface area (Å²) in [4.78, 5) is 4.46. The number of hydrogen-bond acceptors (Lipinski definition) is 3. The second-order valence-corrected chi connectivity index (χ2v) is 8.36. The predicted octanol–water partition coefficient (Wildman–Crippen LogP) is 2.44. The fraction of sp³-hybridized carbons (Fsp3) is 0.611. The summed E-state index contributed by atoms with van der Waals surface area (Å²) in [6.45, 7) is 3.54. The maximum atomic E-state index is 11.1. The molecule has 0 amide bonds. The first kappa shape index (κ1) is 23.2. The van der Waals surface area contributed by atoms with Crippen LogP contribution >= 0.6 is 24.0 Å². The Labute approximate surface area is 174 Å². The first-order valence-electron chi connectivity index (χ1n) is 9.02. The molecule has 1 fully saturated rings. The number of guanidine groups is 1. The molecule has 0 radical (unpaired) electrons. The first-order valence-corrected chi connectivity index (χ1v) is 10.9. The Kier molecular flexibility index (Phi) is 10.5. The molecule has 1 aromatic carbocycles. The van der Waals surface area contributed by atoms with Crippen molar-refractivity contribution in [2.45, 2.75) is 44.6 Å². The van der Waals surface area contributed by atoms with E-state index in [1.54, 1.807) is 0 Å². The van der Waals surface area contributed by atoms with Crippen molar-refractivity contribution in [2.24, 2.45) is 4.99 Å². The SMILES string of the molecule is CCNC(=NCCNS(C)(=O)=O)NC1CCC(c2ccccc2)CC1.I. The summed E-state index contributed by atoms with van der Waals surface area (Å²) < 4.78 is 24.6. The average molecular weight is 494 g/mol. The molecule has 0 heterocycles. The van der Waals surface area contributed by atoms with Crippen LogP contribution in [0.5, 0.6) is 0 Å². The molecular weight excluding hydrogens is 463 g/mol. The molecule has 1 saturated carbocycles. The van der Waals surface area contributed by atoms with E-state index >= 15 is 0 Å². The molecule has 1 aliphatic rings. The van der Waals surface area contributed by atoms with Crippen molar-refractivity contribution in [3.63, 3.8) is 0 Å². The van der Waals surface area contributed by atoms with Crippen LogP contribution in [0.2, 0.25) is 0 Å². The second kappa shape index (κ2) is 11.8. The zero-order valence-corrected chi connectivity index (χ0v) is 18.7. The number of nitrogens with zero attached hydrogens (tertiary/aromatic N) is 1. The average Bonchev–Trinajstić information content (AvgIpc) is 2.59. The maximum Gasteiger partial charge on any atom is 0.208 e. The minimum Gasteiger partial charge on any atom is -0.357 e. The van der Waals surface area contributed by atoms with Crippen molar-refractivity contribution in [1.29, 1.82) is 0 Å². The van der Waals surface area contributed by atoms with E-state index in [0.717, 1.165) is 31.6 Å². The van der Waals surface area contributed by atoms with E-state index in [9.17, 15) is 8.42 Å². The fourth-order valence-corrected chi connectivity index (χ4v) is 3.67. The van der Waals surface area contributed by atoms with Crippen LogP contribution in [0.3, 0.4) is 0 Å². The van der Waals surface area contributed by atoms with Gasteiger partial charge >= 0.3 is 0 Å². The standard InChI is InChI=1S/C18H30N4O2S.HI/c1-3-19-18(20-13-14-21-25(2,23)24)22-17-11-9-16(10-12-17)15-7-5-4-6-8-15;/h4-8,16-17,21H,3,9-14H2,1-2H3,(H2,19,20,22);1H. The van der Waals surface area contributed by atoms with Crippen molar-refractivity contribution in [2.75, 3.05) is 25.9 Å². The number of benzene rings is 1. The van der Waals surface area contributed by atoms with Gasteiger partial charge < -0.3 is 10.6 Å². The molecule has 6 nitrogen and oxygen atoms in total. The molecule has 0 unspecified atom stereocenters. The number of halogens is 1. The Balaban J connectivity index is 0.00000338. The third-order valence-electron chi connectivity index (χ3n) is 4.43. The first-order chi connectivity index (χ1) is 12.0. The zero-order valence-electron chi connectivity index (χ0n) is 15.6. The van der Waals surface area contributed by atoms with Gasteiger partial charge in [0.1, 0.15) is 0 Å². The van der Waals surface area contributed by atoms with Gasteiger partial charge in [-0.2, -0.15) is 0 Å². The number of rotatable bonds is 7. The lowest BCUT2D eigenvalue weighted by Gasteiger charge is -2.30. The lowest BCUT2D eigenvalue weighted by atomic mass is 9.82. The molecule has 0 atom stereocenters. The maximum absolute atomic E-state index is 11.1. The van der Waals surface area contributed by atoms with Crippen molar-refractivity contribution < 1.29 is 8.42 Å². The van der Waals surface area contributed by atoms with Crippen LogP contribution in [-0.4, -0.2) is 46.3 Å². The fourth-order valence-electron chi connectivity index (χ4n) is 3.21. The van der Waals surface area contributed by atoms with E-state index in [1.165, 1.54) is 18.4 Å². The summed E-state index contributed by atoms with van der Waals surface area (Å²) in [5.74, 6) is 1.42. The van der Waals surface area contributed by atoms with Gasteiger partial charge in [-0.05, 0) is 44.1 Å². The Morgan fingerprint density at radius 1 is 1.15 bits per heavy atom. The molecule has 0 aromatic heterocycles. The molecule has 0 aliphatic heterocycles. The van der Waals surface area contributed by atoms with Crippen LogP contribution in [0.1, 0.15) is 44.1 Å². The van der Waals surface area contributed by atoms with Gasteiger partial charge in [0.25, 0.3) is 0 Å². The molecule has 0 bridgehead atoms. The van der Waals surface area contributed by atoms with Gasteiger partial charge in [-0.25, -0.2) is 13.1 Å². The Morgan fingerprint density at radius 3 is 2.38 bits per heavy atom. The van der Waals surface area contributed by atoms with Gasteiger partial charge in [0.15, 0.2) is 5.96 Å². The van der Waals surface area contributed by atoms with E-state index in [0.29, 0.717) is 25.0 Å². The highest BCUT2D eigenvalue weighted by molar-refractivity contribution is 14.0. The summed E-state index contributed by atoms with van der Waals surface area (Å²) in [6, 6.07) is 11.1. The van der Waals surface area contributed by atoms with Gasteiger partial charge in [-0.3, -0.25) is 4.99 Å². The summed E-state index contributed by atoms with van der Waals surface area (Å²) in [7, 11) is -3.15. The molecule has 0 spiro atoms. The molecule has 26 heavy (non-hydrogen) atoms. The second-order valence-electron chi connectivity index (χ2n) is 6.53. The van der Waals surface area contributed by atoms with Gasteiger partial charge in [-0.1, -0.05) is 30.3 Å². The highest BCUT2D eigenvalue weighted by Gasteiger charge is 2.22. The smallest absolute Gasteiger partial charge is 0.208 e. The lowest BCUT2D eigenvalue weighted by Crippen LogP contribution is -2.45. The Bertz CT molecular complexity index is 644. The van der Waals surface area contributed by atoms with Crippen molar-refractivity contribution in [3.05, 3.63) is 35.9 Å². The lowest BCUT2D eigenvalue weighted by molar-refractivity contribution is 0.371. The van der Waals surface area contributed by atoms with E-state index < -0.39 is 10.0 Å². The minimum atomic E-state index is -3.15. The monoisotopic (exact) mass is 494 g/mol. The molecule has 0 saturated heterocycles. The van der Waals surface area contributed by atoms with E-state index in [2.05, 4.69) is 50.7 Å². The summed E-state index contributed by atoms with van der Waals surface area (Å²) in [6.07, 6.45) is 5.75. The third kappa shape index (κ3) is 8.68. The summed E-state index contributed by atoms with van der Waals surface area (Å²) in [5.41, 5.74) is 1.44. The largest absolute Gasteiger partial charge is 0.357 e. The van der Waals surface area contributed by atoms with Crippen LogP contribution in [0, 0.1) is 0 Å². The van der Waals surface area contributed by atoms with Crippen LogP contribution in [-0.2, 0) is 10.0 Å². The Hall–Kier alpha value is -0.870. The number of nitrogens with one attached hydrogen (secondary N) is 3. The molecule has 8 heteroatoms. The number of aliphatic imine (C=N–C) groups is 1. The normalized spacial score (nSPS) is 20.9. The van der Waals surface area contributed by atoms with Gasteiger partial charge in [-0.15, -0.1) is 24.0 Å².